The number of nitrogens with one attached hydrogen (secondary N) is 5. The van der Waals surface area contributed by atoms with Gasteiger partial charge in [0.05, 0.1) is 35.4 Å². The van der Waals surface area contributed by atoms with E-state index >= 15 is 0 Å². The number of fused-ring (bicyclic) bond motifs is 1. The SMILES string of the molecule is CCc1cccc(-c2cnc(C(=O)N3CCC(CN4CCN(CC(=O)NCCNC(=O)c5cc(Cc6n[nH]c(=O)c7ccccc67)ccc5F)CC4)CC3)c(NC(=O)CNC[C@H]3CCN(C)C(=O)C3)c2)c1. The third-order valence-corrected chi connectivity index (χ3v) is 13.9. The number of amides is 5. The lowest BCUT2D eigenvalue weighted by molar-refractivity contribution is -0.133. The summed E-state index contributed by atoms with van der Waals surface area (Å²) in [5.74, 6) is -1.24. The van der Waals surface area contributed by atoms with E-state index < -0.39 is 11.7 Å². The number of carbonyl (C=O) groups is 5. The molecule has 1 atom stereocenters. The molecule has 0 aliphatic carbocycles. The molecule has 5 aromatic rings. The molecular formula is C53H64FN11O6. The number of piperidine rings is 2. The number of pyridine rings is 1. The van der Waals surface area contributed by atoms with Gasteiger partial charge in [0.2, 0.25) is 17.7 Å². The number of carbonyl (C=O) groups excluding carboxylic acids is 5. The van der Waals surface area contributed by atoms with Crippen LogP contribution in [-0.2, 0) is 27.2 Å². The number of H-pyrrole nitrogens is 1. The van der Waals surface area contributed by atoms with Crippen LogP contribution >= 0.6 is 0 Å². The highest BCUT2D eigenvalue weighted by Gasteiger charge is 2.30. The first-order valence-electron chi connectivity index (χ1n) is 24.8. The Balaban J connectivity index is 0.756. The molecule has 8 rings (SSSR count). The van der Waals surface area contributed by atoms with Gasteiger partial charge in [-0.25, -0.2) is 14.5 Å². The van der Waals surface area contributed by atoms with Crippen LogP contribution in [0.25, 0.3) is 21.9 Å². The molecule has 0 bridgehead atoms. The average Bonchev–Trinajstić information content (AvgIpc) is 3.38. The van der Waals surface area contributed by atoms with Gasteiger partial charge in [-0.1, -0.05) is 55.5 Å². The van der Waals surface area contributed by atoms with E-state index in [1.807, 2.05) is 36.2 Å². The number of anilines is 1. The Bertz CT molecular complexity index is 2790. The van der Waals surface area contributed by atoms with Crippen molar-refractivity contribution in [1.82, 2.24) is 50.7 Å². The van der Waals surface area contributed by atoms with Crippen molar-refractivity contribution in [2.45, 2.75) is 45.4 Å². The normalized spacial score (nSPS) is 17.1. The number of aromatic nitrogens is 3. The standard InChI is InChI=1S/C53H64FN11O6/c1-3-35-7-6-8-39(25-35)40-29-46(59-47(66)32-55-30-38-13-18-62(2)49(68)28-38)50(58-31-40)53(71)65-19-14-36(15-20-65)33-63-21-23-64(24-22-63)34-48(67)56-16-17-57-51(69)43-26-37(11-12-44(43)54)27-45-41-9-4-5-10-42(41)52(70)61-60-45/h4-12,25-26,29,31,36,38,55H,3,13-24,27-28,30,32-34H2,1-2H3,(H,56,67)(H,57,69)(H,59,66)(H,61,70)/t38-/m0/s1. The number of hydrogen-bond acceptors (Lipinski definition) is 11. The maximum Gasteiger partial charge on any atom is 0.274 e. The first-order valence-corrected chi connectivity index (χ1v) is 24.8. The molecule has 3 aromatic carbocycles. The first-order chi connectivity index (χ1) is 34.4. The van der Waals surface area contributed by atoms with Gasteiger partial charge in [-0.05, 0) is 85.0 Å². The van der Waals surface area contributed by atoms with Crippen LogP contribution in [0.5, 0.6) is 0 Å². The molecule has 0 unspecified atom stereocenters. The van der Waals surface area contributed by atoms with E-state index in [-0.39, 0.29) is 79.0 Å². The second kappa shape index (κ2) is 23.8. The van der Waals surface area contributed by atoms with E-state index in [0.717, 1.165) is 69.5 Å². The lowest BCUT2D eigenvalue weighted by Gasteiger charge is -2.38. The highest BCUT2D eigenvalue weighted by atomic mass is 19.1. The van der Waals surface area contributed by atoms with Crippen molar-refractivity contribution in [2.24, 2.45) is 11.8 Å². The lowest BCUT2D eigenvalue weighted by atomic mass is 9.95. The Morgan fingerprint density at radius 2 is 1.52 bits per heavy atom. The van der Waals surface area contributed by atoms with E-state index in [9.17, 15) is 33.2 Å². The molecule has 18 heteroatoms. The molecule has 3 saturated heterocycles. The van der Waals surface area contributed by atoms with E-state index in [0.29, 0.717) is 66.2 Å². The van der Waals surface area contributed by atoms with Gasteiger partial charge in [0.15, 0.2) is 5.69 Å². The number of rotatable bonds is 18. The Labute approximate surface area is 412 Å². The average molecular weight is 970 g/mol. The van der Waals surface area contributed by atoms with Crippen LogP contribution in [0.3, 0.4) is 0 Å². The zero-order chi connectivity index (χ0) is 49.9. The predicted molar refractivity (Wildman–Crippen MR) is 269 cm³/mol. The van der Waals surface area contributed by atoms with Crippen LogP contribution in [-0.4, -0.2) is 156 Å². The van der Waals surface area contributed by atoms with E-state index in [1.165, 1.54) is 17.7 Å². The number of benzene rings is 3. The van der Waals surface area contributed by atoms with E-state index in [4.69, 9.17) is 0 Å². The Kier molecular flexibility index (Phi) is 16.9. The van der Waals surface area contributed by atoms with Gasteiger partial charge in [0.1, 0.15) is 5.82 Å². The number of likely N-dealkylation sites (tertiary alicyclic amines) is 2. The summed E-state index contributed by atoms with van der Waals surface area (Å²) in [6, 6.07) is 21.4. The number of aromatic amines is 1. The smallest absolute Gasteiger partial charge is 0.274 e. The maximum atomic E-state index is 14.8. The van der Waals surface area contributed by atoms with Crippen molar-refractivity contribution < 1.29 is 28.4 Å². The largest absolute Gasteiger partial charge is 0.353 e. The van der Waals surface area contributed by atoms with Gasteiger partial charge >= 0.3 is 0 Å². The molecule has 0 spiro atoms. The van der Waals surface area contributed by atoms with Crippen LogP contribution in [0, 0.1) is 17.7 Å². The van der Waals surface area contributed by atoms with Gasteiger partial charge in [0.25, 0.3) is 17.4 Å². The van der Waals surface area contributed by atoms with Gasteiger partial charge in [-0.3, -0.25) is 33.7 Å². The molecule has 374 valence electrons. The minimum atomic E-state index is -0.666. The topological polar surface area (TPSA) is 205 Å². The molecule has 3 aliphatic heterocycles. The Hall–Kier alpha value is -6.89. The molecule has 0 radical (unpaired) electrons. The highest BCUT2D eigenvalue weighted by molar-refractivity contribution is 6.03. The molecule has 3 aliphatic rings. The third kappa shape index (κ3) is 13.3. The molecule has 5 amide bonds. The monoisotopic (exact) mass is 970 g/mol. The van der Waals surface area contributed by atoms with Crippen LogP contribution in [0.1, 0.15) is 70.3 Å². The van der Waals surface area contributed by atoms with Crippen molar-refractivity contribution >= 4 is 46.0 Å². The summed E-state index contributed by atoms with van der Waals surface area (Å²) < 4.78 is 14.8. The summed E-state index contributed by atoms with van der Waals surface area (Å²) in [7, 11) is 1.81. The quantitative estimate of drug-likeness (QED) is 0.0802. The number of nitrogens with zero attached hydrogens (tertiary/aromatic N) is 6. The van der Waals surface area contributed by atoms with Crippen LogP contribution in [0.2, 0.25) is 0 Å². The van der Waals surface area contributed by atoms with Gasteiger partial charge in [0, 0.05) is 102 Å². The molecule has 71 heavy (non-hydrogen) atoms. The summed E-state index contributed by atoms with van der Waals surface area (Å²) >= 11 is 0. The summed E-state index contributed by atoms with van der Waals surface area (Å²) in [6.45, 7) is 9.06. The van der Waals surface area contributed by atoms with Crippen LogP contribution in [0.4, 0.5) is 10.1 Å². The minimum absolute atomic E-state index is 0.0414. The summed E-state index contributed by atoms with van der Waals surface area (Å²) in [4.78, 5) is 90.4. The highest BCUT2D eigenvalue weighted by Crippen LogP contribution is 2.28. The fourth-order valence-electron chi connectivity index (χ4n) is 9.68. The predicted octanol–water partition coefficient (Wildman–Crippen LogP) is 3.69. The number of hydrogen-bond donors (Lipinski definition) is 5. The molecule has 2 aromatic heterocycles. The van der Waals surface area contributed by atoms with Crippen LogP contribution in [0.15, 0.2) is 83.8 Å². The second-order valence-corrected chi connectivity index (χ2v) is 19.0. The Morgan fingerprint density at radius 3 is 2.30 bits per heavy atom. The first kappa shape index (κ1) is 50.5. The van der Waals surface area contributed by atoms with Crippen LogP contribution < -0.4 is 26.8 Å². The van der Waals surface area contributed by atoms with Crippen molar-refractivity contribution in [3.8, 4) is 11.1 Å². The van der Waals surface area contributed by atoms with Gasteiger partial charge < -0.3 is 36.0 Å². The fourth-order valence-corrected chi connectivity index (χ4v) is 9.68. The molecule has 5 N–H and O–H groups in total. The fraction of sp³-hybridized carbons (Fsp3) is 0.434. The Morgan fingerprint density at radius 1 is 0.775 bits per heavy atom. The van der Waals surface area contributed by atoms with E-state index in [1.54, 1.807) is 35.4 Å². The van der Waals surface area contributed by atoms with Gasteiger partial charge in [-0.15, -0.1) is 0 Å². The lowest BCUT2D eigenvalue weighted by Crippen LogP contribution is -2.51. The number of piperazine rings is 1. The number of aryl methyl sites for hydroxylation is 1. The summed E-state index contributed by atoms with van der Waals surface area (Å²) in [5, 5.41) is 19.6. The minimum Gasteiger partial charge on any atom is -0.353 e. The van der Waals surface area contributed by atoms with Crippen molar-refractivity contribution in [1.29, 1.82) is 0 Å². The number of halogens is 1. The van der Waals surface area contributed by atoms with E-state index in [2.05, 4.69) is 65.3 Å². The molecular weight excluding hydrogens is 906 g/mol. The third-order valence-electron chi connectivity index (χ3n) is 13.9. The molecule has 0 saturated carbocycles. The molecule has 17 nitrogen and oxygen atoms in total. The zero-order valence-corrected chi connectivity index (χ0v) is 40.6. The molecule has 5 heterocycles. The molecule has 3 fully saturated rings. The zero-order valence-electron chi connectivity index (χ0n) is 40.6. The maximum absolute atomic E-state index is 14.8. The van der Waals surface area contributed by atoms with Gasteiger partial charge in [-0.2, -0.15) is 5.10 Å². The van der Waals surface area contributed by atoms with Crippen molar-refractivity contribution in [3.63, 3.8) is 0 Å². The second-order valence-electron chi connectivity index (χ2n) is 19.0. The summed E-state index contributed by atoms with van der Waals surface area (Å²) in [6.07, 6.45) is 5.86. The summed E-state index contributed by atoms with van der Waals surface area (Å²) in [5.41, 5.74) is 4.35. The van der Waals surface area contributed by atoms with Crippen molar-refractivity contribution in [2.75, 3.05) is 97.4 Å². The van der Waals surface area contributed by atoms with Crippen molar-refractivity contribution in [3.05, 3.63) is 123 Å².